The Labute approximate surface area is 126 Å². The Morgan fingerprint density at radius 1 is 1.17 bits per heavy atom. The lowest BCUT2D eigenvalue weighted by Crippen LogP contribution is -2.30. The molecular formula is C15H21Cl3. The second-order valence-corrected chi connectivity index (χ2v) is 6.31. The van der Waals surface area contributed by atoms with Crippen molar-refractivity contribution in [1.82, 2.24) is 0 Å². The lowest BCUT2D eigenvalue weighted by atomic mass is 9.79. The summed E-state index contributed by atoms with van der Waals surface area (Å²) in [4.78, 5) is 0. The molecule has 3 heteroatoms. The molecule has 0 radical (unpaired) electrons. The maximum absolute atomic E-state index is 6.20. The fraction of sp³-hybridized carbons (Fsp3) is 0.600. The predicted octanol–water partition coefficient (Wildman–Crippen LogP) is 5.88. The first-order chi connectivity index (χ1) is 8.54. The van der Waals surface area contributed by atoms with Gasteiger partial charge in [0.2, 0.25) is 0 Å². The van der Waals surface area contributed by atoms with E-state index in [1.807, 2.05) is 18.2 Å². The summed E-state index contributed by atoms with van der Waals surface area (Å²) in [7, 11) is 0. The molecule has 0 aromatic heterocycles. The van der Waals surface area contributed by atoms with Gasteiger partial charge in [0.05, 0.1) is 0 Å². The van der Waals surface area contributed by atoms with Crippen molar-refractivity contribution in [2.75, 3.05) is 11.8 Å². The number of benzene rings is 1. The molecular weight excluding hydrogens is 287 g/mol. The molecule has 0 aliphatic rings. The summed E-state index contributed by atoms with van der Waals surface area (Å²) in [5.41, 5.74) is 1.01. The SMILES string of the molecule is CC(C)CCCC(CCl)(CCl)c1cccc(Cl)c1. The van der Waals surface area contributed by atoms with Gasteiger partial charge in [-0.1, -0.05) is 50.4 Å². The molecule has 1 aromatic rings. The Kier molecular flexibility index (Phi) is 6.84. The van der Waals surface area contributed by atoms with E-state index in [2.05, 4.69) is 19.9 Å². The van der Waals surface area contributed by atoms with Gasteiger partial charge < -0.3 is 0 Å². The average molecular weight is 308 g/mol. The number of alkyl halides is 2. The average Bonchev–Trinajstić information content (AvgIpc) is 2.35. The molecule has 0 N–H and O–H groups in total. The molecule has 0 saturated heterocycles. The van der Waals surface area contributed by atoms with Crippen LogP contribution in [0.15, 0.2) is 24.3 Å². The van der Waals surface area contributed by atoms with Gasteiger partial charge in [-0.05, 0) is 30.0 Å². The van der Waals surface area contributed by atoms with Crippen LogP contribution in [0.4, 0.5) is 0 Å². The molecule has 0 aliphatic heterocycles. The summed E-state index contributed by atoms with van der Waals surface area (Å²) in [6.45, 7) is 4.48. The standard InChI is InChI=1S/C15H21Cl3/c1-12(2)5-4-8-15(10-16,11-17)13-6-3-7-14(18)9-13/h3,6-7,9,12H,4-5,8,10-11H2,1-2H3. The van der Waals surface area contributed by atoms with Gasteiger partial charge in [0, 0.05) is 22.2 Å². The normalized spacial score (nSPS) is 12.1. The van der Waals surface area contributed by atoms with Gasteiger partial charge >= 0.3 is 0 Å². The van der Waals surface area contributed by atoms with Crippen LogP contribution in [0, 0.1) is 5.92 Å². The minimum absolute atomic E-state index is 0.150. The van der Waals surface area contributed by atoms with Crippen LogP contribution < -0.4 is 0 Å². The summed E-state index contributed by atoms with van der Waals surface area (Å²) in [5.74, 6) is 1.79. The second-order valence-electron chi connectivity index (χ2n) is 5.34. The van der Waals surface area contributed by atoms with E-state index < -0.39 is 0 Å². The van der Waals surface area contributed by atoms with Crippen LogP contribution in [0.3, 0.4) is 0 Å². The van der Waals surface area contributed by atoms with E-state index in [4.69, 9.17) is 34.8 Å². The second kappa shape index (κ2) is 7.62. The summed E-state index contributed by atoms with van der Waals surface area (Å²) >= 11 is 18.5. The molecule has 0 bridgehead atoms. The Bertz CT molecular complexity index is 357. The van der Waals surface area contributed by atoms with Crippen LogP contribution in [0.2, 0.25) is 5.02 Å². The topological polar surface area (TPSA) is 0 Å². The first-order valence-electron chi connectivity index (χ1n) is 6.42. The highest BCUT2D eigenvalue weighted by atomic mass is 35.5. The van der Waals surface area contributed by atoms with Crippen molar-refractivity contribution in [1.29, 1.82) is 0 Å². The lowest BCUT2D eigenvalue weighted by Gasteiger charge is -2.30. The van der Waals surface area contributed by atoms with Crippen LogP contribution >= 0.6 is 34.8 Å². The van der Waals surface area contributed by atoms with Crippen molar-refractivity contribution in [2.45, 2.75) is 38.5 Å². The maximum atomic E-state index is 6.20. The molecule has 0 fully saturated rings. The Morgan fingerprint density at radius 2 is 1.83 bits per heavy atom. The van der Waals surface area contributed by atoms with Crippen LogP contribution in [-0.2, 0) is 5.41 Å². The van der Waals surface area contributed by atoms with E-state index in [0.29, 0.717) is 17.7 Å². The lowest BCUT2D eigenvalue weighted by molar-refractivity contribution is 0.432. The van der Waals surface area contributed by atoms with Crippen LogP contribution in [0.25, 0.3) is 0 Å². The predicted molar refractivity (Wildman–Crippen MR) is 83.3 cm³/mol. The fourth-order valence-corrected chi connectivity index (χ4v) is 3.19. The molecule has 0 atom stereocenters. The number of halogens is 3. The molecule has 102 valence electrons. The first-order valence-corrected chi connectivity index (χ1v) is 7.87. The molecule has 0 amide bonds. The highest BCUT2D eigenvalue weighted by Crippen LogP contribution is 2.34. The third-order valence-electron chi connectivity index (χ3n) is 3.39. The van der Waals surface area contributed by atoms with Crippen molar-refractivity contribution < 1.29 is 0 Å². The Morgan fingerprint density at radius 3 is 2.33 bits per heavy atom. The largest absolute Gasteiger partial charge is 0.126 e. The first kappa shape index (κ1) is 16.1. The van der Waals surface area contributed by atoms with Crippen LogP contribution in [0.1, 0.15) is 38.7 Å². The summed E-state index contributed by atoms with van der Waals surface area (Å²) in [6, 6.07) is 7.91. The number of hydrogen-bond donors (Lipinski definition) is 0. The number of hydrogen-bond acceptors (Lipinski definition) is 0. The van der Waals surface area contributed by atoms with Gasteiger partial charge in [-0.2, -0.15) is 0 Å². The van der Waals surface area contributed by atoms with Crippen LogP contribution in [-0.4, -0.2) is 11.8 Å². The molecule has 1 rings (SSSR count). The summed E-state index contributed by atoms with van der Waals surface area (Å²) < 4.78 is 0. The zero-order valence-electron chi connectivity index (χ0n) is 11.1. The third kappa shape index (κ3) is 4.33. The van der Waals surface area contributed by atoms with Crippen molar-refractivity contribution >= 4 is 34.8 Å². The van der Waals surface area contributed by atoms with Gasteiger partial charge in [-0.25, -0.2) is 0 Å². The Balaban J connectivity index is 2.85. The van der Waals surface area contributed by atoms with Gasteiger partial charge in [0.1, 0.15) is 0 Å². The van der Waals surface area contributed by atoms with Crippen molar-refractivity contribution in [2.24, 2.45) is 5.92 Å². The van der Waals surface area contributed by atoms with Crippen LogP contribution in [0.5, 0.6) is 0 Å². The van der Waals surface area contributed by atoms with Gasteiger partial charge in [0.15, 0.2) is 0 Å². The molecule has 0 heterocycles. The molecule has 0 spiro atoms. The quantitative estimate of drug-likeness (QED) is 0.552. The fourth-order valence-electron chi connectivity index (χ4n) is 2.14. The number of rotatable bonds is 7. The molecule has 0 aliphatic carbocycles. The highest BCUT2D eigenvalue weighted by Gasteiger charge is 2.30. The van der Waals surface area contributed by atoms with Gasteiger partial charge in [-0.3, -0.25) is 0 Å². The minimum Gasteiger partial charge on any atom is -0.126 e. The summed E-state index contributed by atoms with van der Waals surface area (Å²) in [5, 5.41) is 0.746. The zero-order valence-corrected chi connectivity index (χ0v) is 13.3. The molecule has 0 unspecified atom stereocenters. The Hall–Kier alpha value is 0.0900. The monoisotopic (exact) mass is 306 g/mol. The van der Waals surface area contributed by atoms with Crippen molar-refractivity contribution in [3.8, 4) is 0 Å². The van der Waals surface area contributed by atoms with E-state index in [1.54, 1.807) is 0 Å². The maximum Gasteiger partial charge on any atom is 0.0408 e. The highest BCUT2D eigenvalue weighted by molar-refractivity contribution is 6.30. The molecule has 1 aromatic carbocycles. The van der Waals surface area contributed by atoms with Gasteiger partial charge in [0.25, 0.3) is 0 Å². The molecule has 0 saturated carbocycles. The molecule has 0 nitrogen and oxygen atoms in total. The summed E-state index contributed by atoms with van der Waals surface area (Å²) in [6.07, 6.45) is 3.36. The van der Waals surface area contributed by atoms with Crippen molar-refractivity contribution in [3.63, 3.8) is 0 Å². The smallest absolute Gasteiger partial charge is 0.0408 e. The minimum atomic E-state index is -0.150. The van der Waals surface area contributed by atoms with Crippen molar-refractivity contribution in [3.05, 3.63) is 34.9 Å². The zero-order chi connectivity index (χ0) is 13.6. The van der Waals surface area contributed by atoms with E-state index in [1.165, 1.54) is 6.42 Å². The van der Waals surface area contributed by atoms with Gasteiger partial charge in [-0.15, -0.1) is 23.2 Å². The van der Waals surface area contributed by atoms with E-state index in [-0.39, 0.29) is 5.41 Å². The van der Waals surface area contributed by atoms with E-state index in [9.17, 15) is 0 Å². The van der Waals surface area contributed by atoms with E-state index in [0.717, 1.165) is 23.4 Å². The third-order valence-corrected chi connectivity index (χ3v) is 4.64. The molecule has 18 heavy (non-hydrogen) atoms. The van der Waals surface area contributed by atoms with E-state index >= 15 is 0 Å².